The van der Waals surface area contributed by atoms with Gasteiger partial charge >= 0.3 is 0 Å². The molecule has 2 saturated heterocycles. The van der Waals surface area contributed by atoms with Gasteiger partial charge in [0.1, 0.15) is 0 Å². The molecule has 2 heterocycles. The average molecular weight is 417 g/mol. The minimum absolute atomic E-state index is 0. The maximum absolute atomic E-state index is 12.6. The number of carbonyl (C=O) groups is 2. The van der Waals surface area contributed by atoms with Gasteiger partial charge in [-0.3, -0.25) is 9.59 Å². The number of hydrogen-bond acceptors (Lipinski definition) is 5. The van der Waals surface area contributed by atoms with Crippen LogP contribution in [0.15, 0.2) is 29.2 Å². The Hall–Kier alpha value is -1.68. The van der Waals surface area contributed by atoms with Crippen LogP contribution in [0, 0.1) is 5.92 Å². The lowest BCUT2D eigenvalue weighted by atomic mass is 9.95. The molecule has 0 radical (unpaired) electrons. The van der Waals surface area contributed by atoms with Crippen LogP contribution in [0.25, 0.3) is 0 Å². The van der Waals surface area contributed by atoms with E-state index in [0.717, 1.165) is 23.8 Å². The molecule has 2 unspecified atom stereocenters. The molecule has 8 nitrogen and oxygen atoms in total. The van der Waals surface area contributed by atoms with Gasteiger partial charge in [-0.15, -0.1) is 12.4 Å². The minimum atomic E-state index is -3.74. The summed E-state index contributed by atoms with van der Waals surface area (Å²) in [5.41, 5.74) is 0.422. The molecule has 2 amide bonds. The van der Waals surface area contributed by atoms with E-state index in [4.69, 9.17) is 0 Å². The van der Waals surface area contributed by atoms with Crippen LogP contribution in [0.3, 0.4) is 0 Å². The highest BCUT2D eigenvalue weighted by Crippen LogP contribution is 2.18. The number of nitrogens with one attached hydrogen (secondary N) is 3. The topological polar surface area (TPSA) is 108 Å². The molecule has 2 aliphatic rings. The van der Waals surface area contributed by atoms with E-state index in [1.807, 2.05) is 0 Å². The molecule has 3 N–H and O–H groups in total. The molecule has 1 aromatic rings. The molecule has 0 saturated carbocycles. The van der Waals surface area contributed by atoms with Crippen molar-refractivity contribution in [1.29, 1.82) is 0 Å². The van der Waals surface area contributed by atoms with Crippen molar-refractivity contribution in [2.75, 3.05) is 32.7 Å². The number of piperidine rings is 1. The first kappa shape index (κ1) is 21.6. The quantitative estimate of drug-likeness (QED) is 0.638. The Morgan fingerprint density at radius 2 is 1.93 bits per heavy atom. The first-order valence-corrected chi connectivity index (χ1v) is 10.2. The van der Waals surface area contributed by atoms with Crippen LogP contribution in [0.4, 0.5) is 0 Å². The van der Waals surface area contributed by atoms with E-state index in [0.29, 0.717) is 18.0 Å². The highest BCUT2D eigenvalue weighted by atomic mass is 35.5. The van der Waals surface area contributed by atoms with Gasteiger partial charge in [-0.1, -0.05) is 6.92 Å². The van der Waals surface area contributed by atoms with E-state index < -0.39 is 10.0 Å². The molecule has 0 spiro atoms. The van der Waals surface area contributed by atoms with Gasteiger partial charge in [0.15, 0.2) is 0 Å². The lowest BCUT2D eigenvalue weighted by Crippen LogP contribution is -2.49. The van der Waals surface area contributed by atoms with Crippen molar-refractivity contribution in [3.05, 3.63) is 29.8 Å². The Morgan fingerprint density at radius 1 is 1.22 bits per heavy atom. The fourth-order valence-electron chi connectivity index (χ4n) is 3.23. The van der Waals surface area contributed by atoms with Gasteiger partial charge in [-0.05, 0) is 49.7 Å². The number of halogens is 1. The first-order chi connectivity index (χ1) is 12.4. The summed E-state index contributed by atoms with van der Waals surface area (Å²) in [6.07, 6.45) is 0.871. The third-order valence-electron chi connectivity index (χ3n) is 4.86. The molecule has 1 aromatic carbocycles. The van der Waals surface area contributed by atoms with E-state index in [9.17, 15) is 18.0 Å². The SMILES string of the molecule is CC1CNCCC1NC(=O)c1ccc(S(=O)(=O)N2CCNC(=O)C2)cc1.Cl. The van der Waals surface area contributed by atoms with Gasteiger partial charge in [-0.25, -0.2) is 8.42 Å². The number of sulfonamides is 1. The van der Waals surface area contributed by atoms with Crippen LogP contribution in [-0.4, -0.2) is 63.3 Å². The Kier molecular flexibility index (Phi) is 7.21. The summed E-state index contributed by atoms with van der Waals surface area (Å²) in [5, 5.41) is 8.90. The number of rotatable bonds is 4. The monoisotopic (exact) mass is 416 g/mol. The zero-order chi connectivity index (χ0) is 18.7. The highest BCUT2D eigenvalue weighted by molar-refractivity contribution is 7.89. The molecular weight excluding hydrogens is 392 g/mol. The number of carbonyl (C=O) groups excluding carboxylic acids is 2. The number of hydrogen-bond donors (Lipinski definition) is 3. The molecule has 0 aromatic heterocycles. The summed E-state index contributed by atoms with van der Waals surface area (Å²) in [6.45, 7) is 4.18. The molecule has 3 rings (SSSR count). The van der Waals surface area contributed by atoms with Gasteiger partial charge in [0, 0.05) is 24.7 Å². The van der Waals surface area contributed by atoms with Crippen molar-refractivity contribution in [3.8, 4) is 0 Å². The van der Waals surface area contributed by atoms with Gasteiger partial charge < -0.3 is 16.0 Å². The fraction of sp³-hybridized carbons (Fsp3) is 0.529. The Balaban J connectivity index is 0.00000261. The third kappa shape index (κ3) is 4.98. The Bertz CT molecular complexity index is 785. The van der Waals surface area contributed by atoms with E-state index in [1.54, 1.807) is 0 Å². The second-order valence-electron chi connectivity index (χ2n) is 6.76. The average Bonchev–Trinajstić information content (AvgIpc) is 2.63. The second-order valence-corrected chi connectivity index (χ2v) is 8.70. The predicted molar refractivity (Wildman–Crippen MR) is 103 cm³/mol. The minimum Gasteiger partial charge on any atom is -0.354 e. The summed E-state index contributed by atoms with van der Waals surface area (Å²) in [5.74, 6) is -0.172. The van der Waals surface area contributed by atoms with Crippen molar-refractivity contribution in [1.82, 2.24) is 20.3 Å². The number of amides is 2. The highest BCUT2D eigenvalue weighted by Gasteiger charge is 2.29. The predicted octanol–water partition coefficient (Wildman–Crippen LogP) is -0.0433. The zero-order valence-corrected chi connectivity index (χ0v) is 16.7. The number of benzene rings is 1. The summed E-state index contributed by atoms with van der Waals surface area (Å²) < 4.78 is 26.4. The van der Waals surface area contributed by atoms with Gasteiger partial charge in [0.25, 0.3) is 5.91 Å². The molecule has 10 heteroatoms. The fourth-order valence-corrected chi connectivity index (χ4v) is 4.62. The molecule has 0 aliphatic carbocycles. The largest absolute Gasteiger partial charge is 0.354 e. The van der Waals surface area contributed by atoms with E-state index in [-0.39, 0.29) is 48.2 Å². The van der Waals surface area contributed by atoms with Gasteiger partial charge in [0.2, 0.25) is 15.9 Å². The maximum atomic E-state index is 12.6. The number of piperazine rings is 1. The molecule has 0 bridgehead atoms. The van der Waals surface area contributed by atoms with Gasteiger partial charge in [0.05, 0.1) is 11.4 Å². The van der Waals surface area contributed by atoms with Crippen LogP contribution in [0.1, 0.15) is 23.7 Å². The van der Waals surface area contributed by atoms with E-state index in [2.05, 4.69) is 22.9 Å². The van der Waals surface area contributed by atoms with Crippen LogP contribution in [0.2, 0.25) is 0 Å². The van der Waals surface area contributed by atoms with E-state index >= 15 is 0 Å². The Morgan fingerprint density at radius 3 is 2.56 bits per heavy atom. The first-order valence-electron chi connectivity index (χ1n) is 8.76. The molecule has 2 fully saturated rings. The summed E-state index contributed by atoms with van der Waals surface area (Å²) >= 11 is 0. The zero-order valence-electron chi connectivity index (χ0n) is 15.1. The standard InChI is InChI=1S/C17H24N4O4S.ClH/c1-12-10-18-7-6-15(12)20-17(23)13-2-4-14(5-3-13)26(24,25)21-9-8-19-16(22)11-21;/h2-5,12,15,18H,6-11H2,1H3,(H,19,22)(H,20,23);1H. The molecule has 150 valence electrons. The van der Waals surface area contributed by atoms with Crippen LogP contribution in [-0.2, 0) is 14.8 Å². The van der Waals surface area contributed by atoms with Crippen LogP contribution >= 0.6 is 12.4 Å². The number of nitrogens with zero attached hydrogens (tertiary/aromatic N) is 1. The van der Waals surface area contributed by atoms with Crippen molar-refractivity contribution in [2.45, 2.75) is 24.3 Å². The molecular formula is C17H25ClN4O4S. The van der Waals surface area contributed by atoms with Crippen molar-refractivity contribution in [3.63, 3.8) is 0 Å². The maximum Gasteiger partial charge on any atom is 0.251 e. The van der Waals surface area contributed by atoms with Crippen LogP contribution < -0.4 is 16.0 Å². The van der Waals surface area contributed by atoms with Gasteiger partial charge in [-0.2, -0.15) is 4.31 Å². The van der Waals surface area contributed by atoms with Crippen molar-refractivity contribution in [2.24, 2.45) is 5.92 Å². The Labute approximate surface area is 165 Å². The summed E-state index contributed by atoms with van der Waals surface area (Å²) in [4.78, 5) is 23.9. The third-order valence-corrected chi connectivity index (χ3v) is 6.72. The van der Waals surface area contributed by atoms with E-state index in [1.165, 1.54) is 24.3 Å². The van der Waals surface area contributed by atoms with Crippen molar-refractivity contribution >= 4 is 34.2 Å². The lowest BCUT2D eigenvalue weighted by molar-refractivity contribution is -0.122. The smallest absolute Gasteiger partial charge is 0.251 e. The molecule has 2 atom stereocenters. The molecule has 2 aliphatic heterocycles. The van der Waals surface area contributed by atoms with Crippen molar-refractivity contribution < 1.29 is 18.0 Å². The summed E-state index contributed by atoms with van der Waals surface area (Å²) in [7, 11) is -3.74. The van der Waals surface area contributed by atoms with Crippen LogP contribution in [0.5, 0.6) is 0 Å². The lowest BCUT2D eigenvalue weighted by Gasteiger charge is -2.30. The summed E-state index contributed by atoms with van der Waals surface area (Å²) in [6, 6.07) is 5.97. The second kappa shape index (κ2) is 9.01. The molecule has 27 heavy (non-hydrogen) atoms. The normalized spacial score (nSPS) is 23.8.